The smallest absolute Gasteiger partial charge is 0.307 e. The van der Waals surface area contributed by atoms with Gasteiger partial charge >= 0.3 is 6.03 Å². The summed E-state index contributed by atoms with van der Waals surface area (Å²) in [5.41, 5.74) is 2.56. The number of amides is 3. The molecule has 0 unspecified atom stereocenters. The Labute approximate surface area is 143 Å². The zero-order chi connectivity index (χ0) is 18.0. The van der Waals surface area contributed by atoms with Crippen LogP contribution in [0.1, 0.15) is 11.3 Å². The second-order valence-corrected chi connectivity index (χ2v) is 5.37. The fraction of sp³-hybridized carbons (Fsp3) is 0.118. The number of rotatable bonds is 3. The minimum atomic E-state index is -0.646. The topological polar surface area (TPSA) is 104 Å². The molecule has 0 saturated carbocycles. The van der Waals surface area contributed by atoms with E-state index in [1.807, 2.05) is 13.0 Å². The van der Waals surface area contributed by atoms with Gasteiger partial charge in [-0.3, -0.25) is 9.48 Å². The minimum Gasteiger partial charge on any atom is -0.307 e. The number of nitrogens with zero attached hydrogens (tertiary/aromatic N) is 5. The van der Waals surface area contributed by atoms with Crippen molar-refractivity contribution in [2.45, 2.75) is 6.92 Å². The van der Waals surface area contributed by atoms with Gasteiger partial charge in [-0.2, -0.15) is 10.4 Å². The number of fused-ring (bicyclic) bond motifs is 1. The second kappa shape index (κ2) is 6.41. The fourth-order valence-corrected chi connectivity index (χ4v) is 2.50. The number of nitrogens with one attached hydrogen (secondary N) is 1. The summed E-state index contributed by atoms with van der Waals surface area (Å²) in [6.45, 7) is 1.83. The van der Waals surface area contributed by atoms with Gasteiger partial charge in [0.05, 0.1) is 29.2 Å². The Morgan fingerprint density at radius 2 is 2.20 bits per heavy atom. The summed E-state index contributed by atoms with van der Waals surface area (Å²) in [6.07, 6.45) is 1.85. The molecule has 8 heteroatoms. The predicted molar refractivity (Wildman–Crippen MR) is 92.0 cm³/mol. The molecule has 2 heterocycles. The lowest BCUT2D eigenvalue weighted by atomic mass is 10.2. The zero-order valence-electron chi connectivity index (χ0n) is 13.6. The van der Waals surface area contributed by atoms with Crippen molar-refractivity contribution in [3.63, 3.8) is 0 Å². The minimum absolute atomic E-state index is 0.326. The Morgan fingerprint density at radius 1 is 1.40 bits per heavy atom. The lowest BCUT2D eigenvalue weighted by molar-refractivity contribution is -0.106. The van der Waals surface area contributed by atoms with Crippen LogP contribution in [0.5, 0.6) is 0 Å². The number of nitriles is 1. The fourth-order valence-electron chi connectivity index (χ4n) is 2.50. The van der Waals surface area contributed by atoms with E-state index < -0.39 is 6.03 Å². The lowest BCUT2D eigenvalue weighted by Gasteiger charge is -2.16. The standard InChI is InChI=1S/C17H14N6O2/c1-11-15-7-14(9-19-16(15)22(2)21-11)23(10-24)17(25)20-13-5-3-4-12(6-13)8-18/h3-7,9-10H,1-2H3,(H,20,25). The van der Waals surface area contributed by atoms with Crippen LogP contribution in [0.3, 0.4) is 0 Å². The molecule has 0 fully saturated rings. The van der Waals surface area contributed by atoms with Gasteiger partial charge in [-0.1, -0.05) is 6.07 Å². The van der Waals surface area contributed by atoms with E-state index in [4.69, 9.17) is 5.26 Å². The molecule has 0 aliphatic heterocycles. The van der Waals surface area contributed by atoms with E-state index in [1.54, 1.807) is 36.0 Å². The first-order chi connectivity index (χ1) is 12.0. The predicted octanol–water partition coefficient (Wildman–Crippen LogP) is 2.34. The van der Waals surface area contributed by atoms with Crippen LogP contribution in [0.15, 0.2) is 36.5 Å². The van der Waals surface area contributed by atoms with Crippen molar-refractivity contribution in [2.75, 3.05) is 10.2 Å². The van der Waals surface area contributed by atoms with Crippen LogP contribution in [0.2, 0.25) is 0 Å². The monoisotopic (exact) mass is 334 g/mol. The third-order valence-electron chi connectivity index (χ3n) is 3.69. The molecule has 0 aliphatic rings. The van der Waals surface area contributed by atoms with Gasteiger partial charge in [0.1, 0.15) is 0 Å². The summed E-state index contributed by atoms with van der Waals surface area (Å²) in [7, 11) is 1.77. The Hall–Kier alpha value is -3.73. The van der Waals surface area contributed by atoms with Gasteiger partial charge in [-0.15, -0.1) is 0 Å². The van der Waals surface area contributed by atoms with Gasteiger partial charge in [0.15, 0.2) is 5.65 Å². The number of aromatic nitrogens is 3. The van der Waals surface area contributed by atoms with Gasteiger partial charge in [0.25, 0.3) is 0 Å². The van der Waals surface area contributed by atoms with E-state index >= 15 is 0 Å². The first-order valence-corrected chi connectivity index (χ1v) is 7.38. The highest BCUT2D eigenvalue weighted by atomic mass is 16.2. The molecule has 0 bridgehead atoms. The van der Waals surface area contributed by atoms with Crippen LogP contribution in [-0.4, -0.2) is 27.2 Å². The van der Waals surface area contributed by atoms with Gasteiger partial charge < -0.3 is 5.32 Å². The summed E-state index contributed by atoms with van der Waals surface area (Å²) in [4.78, 5) is 29.1. The average Bonchev–Trinajstić information content (AvgIpc) is 2.89. The summed E-state index contributed by atoms with van der Waals surface area (Å²) >= 11 is 0. The Bertz CT molecular complexity index is 1020. The molecule has 0 aliphatic carbocycles. The molecule has 0 spiro atoms. The van der Waals surface area contributed by atoms with Gasteiger partial charge in [-0.05, 0) is 31.2 Å². The highest BCUT2D eigenvalue weighted by Crippen LogP contribution is 2.22. The molecule has 124 valence electrons. The molecule has 0 radical (unpaired) electrons. The van der Waals surface area contributed by atoms with Crippen molar-refractivity contribution in [3.05, 3.63) is 47.8 Å². The maximum Gasteiger partial charge on any atom is 0.333 e. The third-order valence-corrected chi connectivity index (χ3v) is 3.69. The van der Waals surface area contributed by atoms with Crippen molar-refractivity contribution in [1.29, 1.82) is 5.26 Å². The van der Waals surface area contributed by atoms with Crippen LogP contribution in [-0.2, 0) is 11.8 Å². The molecule has 3 aromatic rings. The summed E-state index contributed by atoms with van der Waals surface area (Å²) in [5.74, 6) is 0. The molecule has 0 saturated heterocycles. The maximum atomic E-state index is 12.4. The highest BCUT2D eigenvalue weighted by molar-refractivity contribution is 6.12. The quantitative estimate of drug-likeness (QED) is 0.740. The van der Waals surface area contributed by atoms with Crippen molar-refractivity contribution in [1.82, 2.24) is 14.8 Å². The van der Waals surface area contributed by atoms with Crippen LogP contribution >= 0.6 is 0 Å². The lowest BCUT2D eigenvalue weighted by Crippen LogP contribution is -2.33. The molecule has 2 aromatic heterocycles. The molecule has 3 rings (SSSR count). The Morgan fingerprint density at radius 3 is 2.92 bits per heavy atom. The molecule has 3 amide bonds. The van der Waals surface area contributed by atoms with Crippen molar-refractivity contribution >= 4 is 34.8 Å². The SMILES string of the molecule is Cc1nn(C)c2ncc(N(C=O)C(=O)Nc3cccc(C#N)c3)cc12. The number of hydrogen-bond donors (Lipinski definition) is 1. The number of urea groups is 1. The van der Waals surface area contributed by atoms with Crippen molar-refractivity contribution in [3.8, 4) is 6.07 Å². The largest absolute Gasteiger partial charge is 0.333 e. The van der Waals surface area contributed by atoms with Gasteiger partial charge in [0.2, 0.25) is 6.41 Å². The average molecular weight is 334 g/mol. The first kappa shape index (κ1) is 16.1. The van der Waals surface area contributed by atoms with Crippen LogP contribution in [0, 0.1) is 18.3 Å². The van der Waals surface area contributed by atoms with Gasteiger partial charge in [0, 0.05) is 18.1 Å². The number of carbonyl (C=O) groups is 2. The number of carbonyl (C=O) groups excluding carboxylic acids is 2. The zero-order valence-corrected chi connectivity index (χ0v) is 13.6. The Balaban J connectivity index is 1.91. The van der Waals surface area contributed by atoms with E-state index in [9.17, 15) is 9.59 Å². The Kier molecular flexibility index (Phi) is 4.14. The third kappa shape index (κ3) is 3.03. The van der Waals surface area contributed by atoms with Crippen LogP contribution in [0.25, 0.3) is 11.0 Å². The molecule has 0 atom stereocenters. The molecule has 1 aromatic carbocycles. The molecular weight excluding hydrogens is 320 g/mol. The van der Waals surface area contributed by atoms with E-state index in [1.165, 1.54) is 12.3 Å². The number of imide groups is 1. The van der Waals surface area contributed by atoms with E-state index in [0.29, 0.717) is 29.0 Å². The number of pyridine rings is 1. The summed E-state index contributed by atoms with van der Waals surface area (Å²) in [5, 5.41) is 16.5. The number of anilines is 2. The van der Waals surface area contributed by atoms with Gasteiger partial charge in [-0.25, -0.2) is 14.7 Å². The number of benzene rings is 1. The van der Waals surface area contributed by atoms with Crippen LogP contribution < -0.4 is 10.2 Å². The molecule has 1 N–H and O–H groups in total. The normalized spacial score (nSPS) is 10.3. The first-order valence-electron chi connectivity index (χ1n) is 7.38. The van der Waals surface area contributed by atoms with E-state index in [0.717, 1.165) is 16.0 Å². The second-order valence-electron chi connectivity index (χ2n) is 5.37. The van der Waals surface area contributed by atoms with Crippen molar-refractivity contribution < 1.29 is 9.59 Å². The van der Waals surface area contributed by atoms with E-state index in [-0.39, 0.29) is 0 Å². The summed E-state index contributed by atoms with van der Waals surface area (Å²) in [6, 6.07) is 9.45. The van der Waals surface area contributed by atoms with Crippen molar-refractivity contribution in [2.24, 2.45) is 7.05 Å². The molecule has 25 heavy (non-hydrogen) atoms. The molecular formula is C17H14N6O2. The molecule has 8 nitrogen and oxygen atoms in total. The number of hydrogen-bond acceptors (Lipinski definition) is 5. The highest BCUT2D eigenvalue weighted by Gasteiger charge is 2.18. The number of aryl methyl sites for hydroxylation is 2. The maximum absolute atomic E-state index is 12.4. The van der Waals surface area contributed by atoms with Crippen LogP contribution in [0.4, 0.5) is 16.2 Å². The summed E-state index contributed by atoms with van der Waals surface area (Å²) < 4.78 is 1.63. The van der Waals surface area contributed by atoms with E-state index in [2.05, 4.69) is 15.4 Å².